The number of H-pyrrole nitrogens is 1. The van der Waals surface area contributed by atoms with E-state index in [-0.39, 0.29) is 28.5 Å². The highest BCUT2D eigenvalue weighted by atomic mass is 19.1. The summed E-state index contributed by atoms with van der Waals surface area (Å²) < 4.78 is 19.9. The number of nitrogens with zero attached hydrogens (tertiary/aromatic N) is 1. The number of aryl methyl sites for hydroxylation is 3. The van der Waals surface area contributed by atoms with E-state index in [1.807, 2.05) is 13.8 Å². The summed E-state index contributed by atoms with van der Waals surface area (Å²) in [7, 11) is 0. The number of rotatable bonds is 5. The lowest BCUT2D eigenvalue weighted by Crippen LogP contribution is -2.15. The number of hydrogen-bond donors (Lipinski definition) is 3. The topological polar surface area (TPSA) is 108 Å². The Morgan fingerprint density at radius 1 is 0.972 bits per heavy atom. The largest absolute Gasteiger partial charge is 0.507 e. The zero-order valence-electron chi connectivity index (χ0n) is 19.8. The van der Waals surface area contributed by atoms with Crippen LogP contribution in [0.25, 0.3) is 22.2 Å². The Hall–Kier alpha value is -4.72. The SMILES string of the molecule is Cc1cc(O)c(-c2cc(C(=O)Nc3c(C(=O)c4ccc(C)c(F)c4)oc4ccccc34)[nH]n2)cc1C. The molecule has 1 amide bonds. The fraction of sp³-hybridized carbons (Fsp3) is 0.107. The summed E-state index contributed by atoms with van der Waals surface area (Å²) >= 11 is 0. The molecule has 36 heavy (non-hydrogen) atoms. The van der Waals surface area contributed by atoms with Gasteiger partial charge in [-0.05, 0) is 73.9 Å². The molecule has 2 aromatic heterocycles. The second-order valence-corrected chi connectivity index (χ2v) is 8.67. The predicted molar refractivity (Wildman–Crippen MR) is 134 cm³/mol. The van der Waals surface area contributed by atoms with Gasteiger partial charge < -0.3 is 14.8 Å². The number of phenols is 1. The predicted octanol–water partition coefficient (Wildman–Crippen LogP) is 6.08. The first-order valence-corrected chi connectivity index (χ1v) is 11.2. The van der Waals surface area contributed by atoms with Gasteiger partial charge in [0.2, 0.25) is 5.78 Å². The average Bonchev–Trinajstić information content (AvgIpc) is 3.48. The van der Waals surface area contributed by atoms with Crippen molar-refractivity contribution in [1.29, 1.82) is 0 Å². The summed E-state index contributed by atoms with van der Waals surface area (Å²) in [4.78, 5) is 26.4. The minimum Gasteiger partial charge on any atom is -0.507 e. The van der Waals surface area contributed by atoms with Gasteiger partial charge in [-0.1, -0.05) is 24.3 Å². The molecule has 5 aromatic rings. The van der Waals surface area contributed by atoms with Crippen molar-refractivity contribution in [2.24, 2.45) is 0 Å². The van der Waals surface area contributed by atoms with Gasteiger partial charge in [0, 0.05) is 16.5 Å². The van der Waals surface area contributed by atoms with Gasteiger partial charge >= 0.3 is 0 Å². The van der Waals surface area contributed by atoms with Gasteiger partial charge in [0.05, 0.1) is 11.4 Å². The molecule has 0 aliphatic rings. The van der Waals surface area contributed by atoms with Crippen LogP contribution >= 0.6 is 0 Å². The number of carbonyl (C=O) groups is 2. The molecule has 0 aliphatic heterocycles. The summed E-state index contributed by atoms with van der Waals surface area (Å²) in [5, 5.41) is 20.5. The number of aromatic amines is 1. The van der Waals surface area contributed by atoms with Crippen LogP contribution in [0.1, 0.15) is 43.3 Å². The summed E-state index contributed by atoms with van der Waals surface area (Å²) in [5.41, 5.74) is 3.98. The smallest absolute Gasteiger partial charge is 0.273 e. The van der Waals surface area contributed by atoms with Gasteiger partial charge in [-0.3, -0.25) is 14.7 Å². The molecular formula is C28H22FN3O4. The maximum atomic E-state index is 14.1. The molecule has 3 N–H and O–H groups in total. The maximum Gasteiger partial charge on any atom is 0.273 e. The Morgan fingerprint density at radius 3 is 2.50 bits per heavy atom. The van der Waals surface area contributed by atoms with Crippen LogP contribution in [0.5, 0.6) is 5.75 Å². The third-order valence-corrected chi connectivity index (χ3v) is 6.18. The van der Waals surface area contributed by atoms with Gasteiger partial charge in [-0.2, -0.15) is 5.10 Å². The second-order valence-electron chi connectivity index (χ2n) is 8.67. The van der Waals surface area contributed by atoms with E-state index in [9.17, 15) is 19.1 Å². The van der Waals surface area contributed by atoms with Crippen molar-refractivity contribution in [3.63, 3.8) is 0 Å². The molecule has 0 aliphatic carbocycles. The van der Waals surface area contributed by atoms with E-state index in [2.05, 4.69) is 15.5 Å². The van der Waals surface area contributed by atoms with Crippen molar-refractivity contribution in [2.45, 2.75) is 20.8 Å². The third-order valence-electron chi connectivity index (χ3n) is 6.18. The number of nitrogens with one attached hydrogen (secondary N) is 2. The first kappa shape index (κ1) is 23.0. The number of halogens is 1. The quantitative estimate of drug-likeness (QED) is 0.263. The fourth-order valence-electron chi connectivity index (χ4n) is 3.96. The number of para-hydroxylation sites is 1. The molecule has 8 heteroatoms. The van der Waals surface area contributed by atoms with E-state index in [0.29, 0.717) is 27.8 Å². The zero-order valence-corrected chi connectivity index (χ0v) is 19.8. The van der Waals surface area contributed by atoms with Crippen molar-refractivity contribution in [3.05, 3.63) is 100 Å². The highest BCUT2D eigenvalue weighted by Crippen LogP contribution is 2.34. The Kier molecular flexibility index (Phi) is 5.64. The van der Waals surface area contributed by atoms with Crippen LogP contribution in [0.3, 0.4) is 0 Å². The molecule has 0 saturated carbocycles. The molecule has 5 rings (SSSR count). The van der Waals surface area contributed by atoms with E-state index in [4.69, 9.17) is 4.42 Å². The third kappa shape index (κ3) is 4.02. The summed E-state index contributed by atoms with van der Waals surface area (Å²) in [6, 6.07) is 16.0. The highest BCUT2D eigenvalue weighted by molar-refractivity contribution is 6.18. The van der Waals surface area contributed by atoms with Crippen LogP contribution in [0, 0.1) is 26.6 Å². The van der Waals surface area contributed by atoms with E-state index in [0.717, 1.165) is 17.2 Å². The van der Waals surface area contributed by atoms with E-state index in [1.54, 1.807) is 43.3 Å². The number of phenolic OH excluding ortho intramolecular Hbond substituents is 1. The van der Waals surface area contributed by atoms with Crippen LogP contribution in [0.15, 0.2) is 65.1 Å². The molecule has 0 unspecified atom stereocenters. The van der Waals surface area contributed by atoms with Crippen LogP contribution in [0.4, 0.5) is 10.1 Å². The Labute approximate surface area is 205 Å². The van der Waals surface area contributed by atoms with Gasteiger partial charge in [-0.25, -0.2) is 4.39 Å². The Balaban J connectivity index is 1.51. The summed E-state index contributed by atoms with van der Waals surface area (Å²) in [6.07, 6.45) is 0. The second kappa shape index (κ2) is 8.81. The van der Waals surface area contributed by atoms with Crippen molar-refractivity contribution < 1.29 is 23.5 Å². The van der Waals surface area contributed by atoms with E-state index in [1.165, 1.54) is 18.2 Å². The minimum absolute atomic E-state index is 0.0515. The number of hydrogen-bond acceptors (Lipinski definition) is 5. The standard InChI is InChI=1S/C28H22FN3O4/c1-14-8-9-17(12-20(14)29)26(34)27-25(18-6-4-5-7-24(18)36-27)30-28(35)22-13-21(31-32-22)19-10-15(2)16(3)11-23(19)33/h4-13,33H,1-3H3,(H,30,35)(H,31,32). The van der Waals surface area contributed by atoms with Gasteiger partial charge in [0.25, 0.3) is 5.91 Å². The number of amides is 1. The molecule has 2 heterocycles. The van der Waals surface area contributed by atoms with Crippen LogP contribution in [0.2, 0.25) is 0 Å². The van der Waals surface area contributed by atoms with Crippen molar-refractivity contribution in [3.8, 4) is 17.0 Å². The fourth-order valence-corrected chi connectivity index (χ4v) is 3.96. The number of fused-ring (bicyclic) bond motifs is 1. The van der Waals surface area contributed by atoms with Crippen molar-refractivity contribution in [2.75, 3.05) is 5.32 Å². The number of anilines is 1. The van der Waals surface area contributed by atoms with Gasteiger partial charge in [0.15, 0.2) is 5.76 Å². The summed E-state index contributed by atoms with van der Waals surface area (Å²) in [6.45, 7) is 5.41. The lowest BCUT2D eigenvalue weighted by Gasteiger charge is -2.06. The molecule has 180 valence electrons. The Bertz CT molecular complexity index is 1670. The number of aromatic hydroxyl groups is 1. The molecule has 0 fully saturated rings. The molecule has 0 saturated heterocycles. The van der Waals surface area contributed by atoms with Crippen LogP contribution < -0.4 is 5.32 Å². The molecular weight excluding hydrogens is 461 g/mol. The first-order chi connectivity index (χ1) is 17.2. The van der Waals surface area contributed by atoms with Gasteiger partial charge in [0.1, 0.15) is 22.8 Å². The number of carbonyl (C=O) groups excluding carboxylic acids is 2. The average molecular weight is 483 g/mol. The summed E-state index contributed by atoms with van der Waals surface area (Å²) in [5.74, 6) is -1.70. The molecule has 0 spiro atoms. The van der Waals surface area contributed by atoms with Crippen LogP contribution in [-0.4, -0.2) is 27.0 Å². The van der Waals surface area contributed by atoms with E-state index < -0.39 is 17.5 Å². The molecule has 7 nitrogen and oxygen atoms in total. The number of ketones is 1. The minimum atomic E-state index is -0.564. The monoisotopic (exact) mass is 483 g/mol. The van der Waals surface area contributed by atoms with Gasteiger partial charge in [-0.15, -0.1) is 0 Å². The van der Waals surface area contributed by atoms with Crippen molar-refractivity contribution >= 4 is 28.3 Å². The molecule has 0 atom stereocenters. The van der Waals surface area contributed by atoms with E-state index >= 15 is 0 Å². The lowest BCUT2D eigenvalue weighted by atomic mass is 10.0. The molecule has 0 bridgehead atoms. The number of furan rings is 1. The number of aromatic nitrogens is 2. The number of benzene rings is 3. The highest BCUT2D eigenvalue weighted by Gasteiger charge is 2.25. The molecule has 3 aromatic carbocycles. The maximum absolute atomic E-state index is 14.1. The Morgan fingerprint density at radius 2 is 1.72 bits per heavy atom. The normalized spacial score (nSPS) is 11.1. The molecule has 0 radical (unpaired) electrons. The zero-order chi connectivity index (χ0) is 25.6. The lowest BCUT2D eigenvalue weighted by molar-refractivity contribution is 0.101. The van der Waals surface area contributed by atoms with Crippen LogP contribution in [-0.2, 0) is 0 Å². The first-order valence-electron chi connectivity index (χ1n) is 11.2. The van der Waals surface area contributed by atoms with Crippen molar-refractivity contribution in [1.82, 2.24) is 10.2 Å².